The average molecular weight is 419 g/mol. The van der Waals surface area contributed by atoms with Crippen molar-refractivity contribution in [3.05, 3.63) is 80.1 Å². The molecule has 0 N–H and O–H groups in total. The van der Waals surface area contributed by atoms with E-state index < -0.39 is 0 Å². The van der Waals surface area contributed by atoms with Gasteiger partial charge in [-0.2, -0.15) is 0 Å². The normalized spacial score (nSPS) is 12.9. The van der Waals surface area contributed by atoms with E-state index in [0.717, 1.165) is 38.1 Å². The van der Waals surface area contributed by atoms with Crippen molar-refractivity contribution in [2.45, 2.75) is 6.54 Å². The lowest BCUT2D eigenvalue weighted by Gasteiger charge is -2.13. The maximum Gasteiger partial charge on any atom is 0.116 e. The molecule has 2 aromatic carbocycles. The van der Waals surface area contributed by atoms with Crippen molar-refractivity contribution in [1.82, 2.24) is 9.97 Å². The Balaban J connectivity index is 2.04. The van der Waals surface area contributed by atoms with Crippen LogP contribution in [0.1, 0.15) is 16.7 Å². The van der Waals surface area contributed by atoms with E-state index in [1.165, 1.54) is 0 Å². The van der Waals surface area contributed by atoms with Crippen LogP contribution in [0, 0.1) is 0 Å². The van der Waals surface area contributed by atoms with Crippen molar-refractivity contribution in [3.8, 4) is 11.3 Å². The molecule has 4 rings (SSSR count). The molecule has 24 heavy (non-hydrogen) atoms. The quantitative estimate of drug-likeness (QED) is 0.518. The van der Waals surface area contributed by atoms with Crippen molar-refractivity contribution in [2.24, 2.45) is 4.99 Å². The molecule has 0 atom stereocenters. The molecule has 3 aromatic rings. The van der Waals surface area contributed by atoms with Gasteiger partial charge in [0, 0.05) is 37.9 Å². The average Bonchev–Trinajstić information content (AvgIpc) is 2.72. The summed E-state index contributed by atoms with van der Waals surface area (Å²) in [5.41, 5.74) is 5.37. The number of aliphatic imine (C=N–C) groups is 1. The van der Waals surface area contributed by atoms with E-state index in [1.54, 1.807) is 12.5 Å². The largest absolute Gasteiger partial charge is 0.279 e. The molecule has 3 nitrogen and oxygen atoms in total. The molecular weight excluding hydrogens is 409 g/mol. The molecule has 0 saturated carbocycles. The van der Waals surface area contributed by atoms with E-state index in [2.05, 4.69) is 25.9 Å². The van der Waals surface area contributed by atoms with Gasteiger partial charge in [0.15, 0.2) is 0 Å². The number of benzene rings is 2. The first-order chi connectivity index (χ1) is 11.6. The summed E-state index contributed by atoms with van der Waals surface area (Å²) in [5.74, 6) is 0. The van der Waals surface area contributed by atoms with Crippen LogP contribution in [0.4, 0.5) is 0 Å². The number of hydrogen-bond donors (Lipinski definition) is 0. The lowest BCUT2D eigenvalue weighted by Crippen LogP contribution is -2.06. The molecule has 1 aromatic heterocycles. The minimum absolute atomic E-state index is 0.482. The number of halogens is 3. The van der Waals surface area contributed by atoms with Crippen LogP contribution in [0.3, 0.4) is 0 Å². The lowest BCUT2D eigenvalue weighted by atomic mass is 9.95. The van der Waals surface area contributed by atoms with Crippen LogP contribution in [0.5, 0.6) is 0 Å². The fourth-order valence-corrected chi connectivity index (χ4v) is 3.93. The zero-order valence-electron chi connectivity index (χ0n) is 12.3. The minimum atomic E-state index is 0.482. The summed E-state index contributed by atoms with van der Waals surface area (Å²) in [5, 5.41) is 1.27. The summed E-state index contributed by atoms with van der Waals surface area (Å²) in [7, 11) is 0. The molecule has 6 heteroatoms. The molecule has 0 aliphatic carbocycles. The SMILES string of the molecule is Clc1ccc2c(c1)C(c1c(Cl)cccc1Br)=NCc1cncnc1-2. The first-order valence-corrected chi connectivity index (χ1v) is 8.78. The second-order valence-corrected chi connectivity index (χ2v) is 7.05. The molecule has 0 amide bonds. The van der Waals surface area contributed by atoms with Gasteiger partial charge in [-0.1, -0.05) is 51.3 Å². The zero-order valence-corrected chi connectivity index (χ0v) is 15.4. The molecule has 0 bridgehead atoms. The fraction of sp³-hybridized carbons (Fsp3) is 0.0556. The molecule has 118 valence electrons. The van der Waals surface area contributed by atoms with Crippen LogP contribution in [-0.4, -0.2) is 15.7 Å². The summed E-state index contributed by atoms with van der Waals surface area (Å²) in [6.07, 6.45) is 3.35. The molecule has 2 heterocycles. The number of fused-ring (bicyclic) bond motifs is 3. The molecule has 0 unspecified atom stereocenters. The summed E-state index contributed by atoms with van der Waals surface area (Å²) in [4.78, 5) is 13.4. The predicted octanol–water partition coefficient (Wildman–Crippen LogP) is 5.56. The highest BCUT2D eigenvalue weighted by molar-refractivity contribution is 9.10. The second kappa shape index (κ2) is 6.28. The van der Waals surface area contributed by atoms with Gasteiger partial charge < -0.3 is 0 Å². The van der Waals surface area contributed by atoms with Crippen molar-refractivity contribution in [3.63, 3.8) is 0 Å². The Labute approximate surface area is 157 Å². The molecule has 1 aliphatic rings. The van der Waals surface area contributed by atoms with Crippen LogP contribution in [-0.2, 0) is 6.54 Å². The number of nitrogens with zero attached hydrogens (tertiary/aromatic N) is 3. The number of aromatic nitrogens is 2. The highest BCUT2D eigenvalue weighted by atomic mass is 79.9. The van der Waals surface area contributed by atoms with Crippen molar-refractivity contribution >= 4 is 44.8 Å². The van der Waals surface area contributed by atoms with Gasteiger partial charge in [0.2, 0.25) is 0 Å². The minimum Gasteiger partial charge on any atom is -0.279 e. The maximum absolute atomic E-state index is 6.46. The maximum atomic E-state index is 6.46. The predicted molar refractivity (Wildman–Crippen MR) is 101 cm³/mol. The standard InChI is InChI=1S/C18H10BrCl2N3/c19-14-2-1-3-15(21)16(14)18-13-6-11(20)4-5-12(13)17-10(8-23-18)7-22-9-24-17/h1-7,9H,8H2. The lowest BCUT2D eigenvalue weighted by molar-refractivity contribution is 1.02. The molecule has 0 saturated heterocycles. The Morgan fingerprint density at radius 2 is 1.92 bits per heavy atom. The third kappa shape index (κ3) is 2.65. The Hall–Kier alpha value is -1.75. The number of rotatable bonds is 1. The van der Waals surface area contributed by atoms with Crippen LogP contribution in [0.25, 0.3) is 11.3 Å². The van der Waals surface area contributed by atoms with Crippen molar-refractivity contribution in [2.75, 3.05) is 0 Å². The summed E-state index contributed by atoms with van der Waals surface area (Å²) >= 11 is 16.3. The van der Waals surface area contributed by atoms with Crippen LogP contribution < -0.4 is 0 Å². The summed E-state index contributed by atoms with van der Waals surface area (Å²) in [6, 6.07) is 11.4. The van der Waals surface area contributed by atoms with Crippen LogP contribution in [0.15, 0.2) is 58.4 Å². The Kier molecular flexibility index (Phi) is 4.12. The summed E-state index contributed by atoms with van der Waals surface area (Å²) in [6.45, 7) is 0.482. The highest BCUT2D eigenvalue weighted by Crippen LogP contribution is 2.36. The summed E-state index contributed by atoms with van der Waals surface area (Å²) < 4.78 is 0.886. The second-order valence-electron chi connectivity index (χ2n) is 5.35. The van der Waals surface area contributed by atoms with Gasteiger partial charge in [0.05, 0.1) is 23.0 Å². The monoisotopic (exact) mass is 417 g/mol. The highest BCUT2D eigenvalue weighted by Gasteiger charge is 2.23. The third-order valence-electron chi connectivity index (χ3n) is 3.89. The van der Waals surface area contributed by atoms with E-state index in [4.69, 9.17) is 28.2 Å². The van der Waals surface area contributed by atoms with Crippen molar-refractivity contribution in [1.29, 1.82) is 0 Å². The Morgan fingerprint density at radius 1 is 1.04 bits per heavy atom. The van der Waals surface area contributed by atoms with E-state index in [1.807, 2.05) is 36.4 Å². The third-order valence-corrected chi connectivity index (χ3v) is 5.10. The van der Waals surface area contributed by atoms with Gasteiger partial charge in [-0.25, -0.2) is 9.97 Å². The van der Waals surface area contributed by atoms with E-state index >= 15 is 0 Å². The molecule has 0 fully saturated rings. The van der Waals surface area contributed by atoms with Gasteiger partial charge in [-0.05, 0) is 24.3 Å². The first-order valence-electron chi connectivity index (χ1n) is 7.23. The topological polar surface area (TPSA) is 38.1 Å². The zero-order chi connectivity index (χ0) is 16.7. The van der Waals surface area contributed by atoms with E-state index in [9.17, 15) is 0 Å². The first kappa shape index (κ1) is 15.8. The molecular formula is C18H10BrCl2N3. The Morgan fingerprint density at radius 3 is 2.75 bits per heavy atom. The molecule has 0 radical (unpaired) electrons. The van der Waals surface area contributed by atoms with Crippen LogP contribution >= 0.6 is 39.1 Å². The molecule has 1 aliphatic heterocycles. The molecule has 0 spiro atoms. The van der Waals surface area contributed by atoms with Gasteiger partial charge in [0.1, 0.15) is 6.33 Å². The van der Waals surface area contributed by atoms with Gasteiger partial charge >= 0.3 is 0 Å². The van der Waals surface area contributed by atoms with Crippen molar-refractivity contribution < 1.29 is 0 Å². The Bertz CT molecular complexity index is 965. The van der Waals surface area contributed by atoms with Gasteiger partial charge in [0.25, 0.3) is 0 Å². The number of hydrogen-bond acceptors (Lipinski definition) is 3. The van der Waals surface area contributed by atoms with E-state index in [0.29, 0.717) is 16.6 Å². The fourth-order valence-electron chi connectivity index (χ4n) is 2.82. The smallest absolute Gasteiger partial charge is 0.116 e. The van der Waals surface area contributed by atoms with Crippen LogP contribution in [0.2, 0.25) is 10.0 Å². The van der Waals surface area contributed by atoms with Gasteiger partial charge in [-0.3, -0.25) is 4.99 Å². The van der Waals surface area contributed by atoms with Gasteiger partial charge in [-0.15, -0.1) is 0 Å². The van der Waals surface area contributed by atoms with E-state index in [-0.39, 0.29) is 0 Å².